The first-order valence-corrected chi connectivity index (χ1v) is 6.08. The lowest BCUT2D eigenvalue weighted by atomic mass is 10.2. The van der Waals surface area contributed by atoms with Gasteiger partial charge in [-0.15, -0.1) is 0 Å². The Bertz CT molecular complexity index is 419. The Labute approximate surface area is 106 Å². The number of amides is 1. The first-order chi connectivity index (χ1) is 8.66. The molecule has 1 aromatic rings. The van der Waals surface area contributed by atoms with E-state index < -0.39 is 6.10 Å². The number of hydrogen-bond donors (Lipinski definition) is 1. The lowest BCUT2D eigenvalue weighted by molar-refractivity contribution is -0.138. The fraction of sp³-hybridized carbons (Fsp3) is 0.462. The summed E-state index contributed by atoms with van der Waals surface area (Å²) in [5, 5.41) is 3.18. The Balaban J connectivity index is 1.94. The van der Waals surface area contributed by atoms with Crippen molar-refractivity contribution in [3.05, 3.63) is 30.1 Å². The van der Waals surface area contributed by atoms with Crippen LogP contribution >= 0.6 is 0 Å². The molecular formula is C13H17FN2O2. The average molecular weight is 252 g/mol. The van der Waals surface area contributed by atoms with Crippen molar-refractivity contribution in [1.29, 1.82) is 0 Å². The number of rotatable bonds is 3. The van der Waals surface area contributed by atoms with E-state index in [1.165, 1.54) is 12.1 Å². The second-order valence-corrected chi connectivity index (χ2v) is 4.29. The lowest BCUT2D eigenvalue weighted by Crippen LogP contribution is -2.50. The monoisotopic (exact) mass is 252 g/mol. The van der Waals surface area contributed by atoms with Gasteiger partial charge in [0.15, 0.2) is 6.10 Å². The molecule has 0 aliphatic carbocycles. The molecule has 2 rings (SSSR count). The van der Waals surface area contributed by atoms with Gasteiger partial charge in [0, 0.05) is 32.2 Å². The van der Waals surface area contributed by atoms with Gasteiger partial charge in [0.2, 0.25) is 0 Å². The highest BCUT2D eigenvalue weighted by molar-refractivity contribution is 5.81. The van der Waals surface area contributed by atoms with Gasteiger partial charge in [-0.25, -0.2) is 4.39 Å². The summed E-state index contributed by atoms with van der Waals surface area (Å²) in [6, 6.07) is 5.83. The smallest absolute Gasteiger partial charge is 0.263 e. The van der Waals surface area contributed by atoms with Crippen molar-refractivity contribution < 1.29 is 13.9 Å². The van der Waals surface area contributed by atoms with E-state index in [-0.39, 0.29) is 11.7 Å². The van der Waals surface area contributed by atoms with Gasteiger partial charge in [0.1, 0.15) is 11.6 Å². The van der Waals surface area contributed by atoms with E-state index in [1.54, 1.807) is 24.0 Å². The van der Waals surface area contributed by atoms with Crippen LogP contribution in [-0.2, 0) is 4.79 Å². The Kier molecular flexibility index (Phi) is 4.15. The first-order valence-electron chi connectivity index (χ1n) is 6.08. The van der Waals surface area contributed by atoms with Gasteiger partial charge in [-0.3, -0.25) is 4.79 Å². The Morgan fingerprint density at radius 3 is 2.83 bits per heavy atom. The molecule has 0 saturated carbocycles. The molecule has 1 aliphatic heterocycles. The number of piperazine rings is 1. The molecule has 0 bridgehead atoms. The number of benzene rings is 1. The van der Waals surface area contributed by atoms with Crippen LogP contribution in [0.5, 0.6) is 5.75 Å². The van der Waals surface area contributed by atoms with Crippen LogP contribution in [0.2, 0.25) is 0 Å². The maximum atomic E-state index is 13.0. The van der Waals surface area contributed by atoms with Gasteiger partial charge in [0.25, 0.3) is 5.91 Å². The maximum Gasteiger partial charge on any atom is 0.263 e. The van der Waals surface area contributed by atoms with Crippen LogP contribution < -0.4 is 10.1 Å². The zero-order chi connectivity index (χ0) is 13.0. The van der Waals surface area contributed by atoms with Crippen LogP contribution in [0, 0.1) is 5.82 Å². The second-order valence-electron chi connectivity index (χ2n) is 4.29. The zero-order valence-corrected chi connectivity index (χ0v) is 10.4. The van der Waals surface area contributed by atoms with E-state index in [0.717, 1.165) is 13.1 Å². The van der Waals surface area contributed by atoms with Crippen LogP contribution in [0.3, 0.4) is 0 Å². The molecule has 1 atom stereocenters. The van der Waals surface area contributed by atoms with E-state index in [2.05, 4.69) is 5.32 Å². The molecule has 0 spiro atoms. The highest BCUT2D eigenvalue weighted by atomic mass is 19.1. The van der Waals surface area contributed by atoms with E-state index in [9.17, 15) is 9.18 Å². The number of carbonyl (C=O) groups is 1. The number of nitrogens with zero attached hydrogens (tertiary/aromatic N) is 1. The molecule has 1 N–H and O–H groups in total. The summed E-state index contributed by atoms with van der Waals surface area (Å²) in [6.07, 6.45) is -0.593. The van der Waals surface area contributed by atoms with Crippen molar-refractivity contribution >= 4 is 5.91 Å². The van der Waals surface area contributed by atoms with Crippen LogP contribution in [-0.4, -0.2) is 43.1 Å². The molecule has 1 aliphatic rings. The molecule has 98 valence electrons. The Morgan fingerprint density at radius 2 is 2.17 bits per heavy atom. The molecule has 1 saturated heterocycles. The fourth-order valence-electron chi connectivity index (χ4n) is 1.94. The molecule has 5 heteroatoms. The number of nitrogens with one attached hydrogen (secondary N) is 1. The topological polar surface area (TPSA) is 41.6 Å². The van der Waals surface area contributed by atoms with Crippen molar-refractivity contribution in [3.63, 3.8) is 0 Å². The van der Waals surface area contributed by atoms with Gasteiger partial charge >= 0.3 is 0 Å². The highest BCUT2D eigenvalue weighted by Gasteiger charge is 2.23. The quantitative estimate of drug-likeness (QED) is 0.873. The van der Waals surface area contributed by atoms with E-state index in [4.69, 9.17) is 4.74 Å². The molecule has 4 nitrogen and oxygen atoms in total. The summed E-state index contributed by atoms with van der Waals surface area (Å²) < 4.78 is 18.4. The van der Waals surface area contributed by atoms with Gasteiger partial charge in [-0.1, -0.05) is 6.07 Å². The minimum atomic E-state index is -0.593. The summed E-state index contributed by atoms with van der Waals surface area (Å²) in [4.78, 5) is 13.8. The van der Waals surface area contributed by atoms with Gasteiger partial charge in [-0.05, 0) is 19.1 Å². The van der Waals surface area contributed by atoms with E-state index in [1.807, 2.05) is 0 Å². The molecule has 1 aromatic carbocycles. The third kappa shape index (κ3) is 3.20. The predicted molar refractivity (Wildman–Crippen MR) is 65.9 cm³/mol. The van der Waals surface area contributed by atoms with Gasteiger partial charge in [-0.2, -0.15) is 0 Å². The summed E-state index contributed by atoms with van der Waals surface area (Å²) in [5.41, 5.74) is 0. The summed E-state index contributed by atoms with van der Waals surface area (Å²) >= 11 is 0. The maximum absolute atomic E-state index is 13.0. The van der Waals surface area contributed by atoms with Gasteiger partial charge in [0.05, 0.1) is 0 Å². The number of hydrogen-bond acceptors (Lipinski definition) is 3. The van der Waals surface area contributed by atoms with Crippen molar-refractivity contribution in [2.24, 2.45) is 0 Å². The molecule has 1 unspecified atom stereocenters. The Morgan fingerprint density at radius 1 is 1.44 bits per heavy atom. The zero-order valence-electron chi connectivity index (χ0n) is 10.4. The molecule has 0 radical (unpaired) electrons. The SMILES string of the molecule is CC(Oc1cccc(F)c1)C(=O)N1CCNCC1. The Hall–Kier alpha value is -1.62. The highest BCUT2D eigenvalue weighted by Crippen LogP contribution is 2.14. The van der Waals surface area contributed by atoms with E-state index >= 15 is 0 Å². The van der Waals surface area contributed by atoms with Crippen molar-refractivity contribution in [2.75, 3.05) is 26.2 Å². The largest absolute Gasteiger partial charge is 0.481 e. The third-order valence-corrected chi connectivity index (χ3v) is 2.89. The fourth-order valence-corrected chi connectivity index (χ4v) is 1.94. The summed E-state index contributed by atoms with van der Waals surface area (Å²) in [5.74, 6) is -0.0407. The number of halogens is 1. The minimum absolute atomic E-state index is 0.0549. The first kappa shape index (κ1) is 12.8. The molecule has 18 heavy (non-hydrogen) atoms. The third-order valence-electron chi connectivity index (χ3n) is 2.89. The summed E-state index contributed by atoms with van der Waals surface area (Å²) in [7, 11) is 0. The summed E-state index contributed by atoms with van der Waals surface area (Å²) in [6.45, 7) is 4.68. The number of ether oxygens (including phenoxy) is 1. The minimum Gasteiger partial charge on any atom is -0.481 e. The van der Waals surface area contributed by atoms with Crippen LogP contribution in [0.1, 0.15) is 6.92 Å². The van der Waals surface area contributed by atoms with Crippen LogP contribution in [0.4, 0.5) is 4.39 Å². The number of carbonyl (C=O) groups excluding carboxylic acids is 1. The molecule has 1 fully saturated rings. The molecule has 1 amide bonds. The normalized spacial score (nSPS) is 17.3. The standard InChI is InChI=1S/C13H17FN2O2/c1-10(13(17)16-7-5-15-6-8-16)18-12-4-2-3-11(14)9-12/h2-4,9-10,15H,5-8H2,1H3. The van der Waals surface area contributed by atoms with Crippen molar-refractivity contribution in [1.82, 2.24) is 10.2 Å². The second kappa shape index (κ2) is 5.82. The average Bonchev–Trinajstić information content (AvgIpc) is 2.39. The lowest BCUT2D eigenvalue weighted by Gasteiger charge is -2.29. The van der Waals surface area contributed by atoms with Crippen LogP contribution in [0.15, 0.2) is 24.3 Å². The van der Waals surface area contributed by atoms with Crippen molar-refractivity contribution in [3.8, 4) is 5.75 Å². The van der Waals surface area contributed by atoms with E-state index in [0.29, 0.717) is 18.8 Å². The molecule has 0 aromatic heterocycles. The van der Waals surface area contributed by atoms with Gasteiger partial charge < -0.3 is 15.0 Å². The molecular weight excluding hydrogens is 235 g/mol. The van der Waals surface area contributed by atoms with Crippen molar-refractivity contribution in [2.45, 2.75) is 13.0 Å². The van der Waals surface area contributed by atoms with Crippen LogP contribution in [0.25, 0.3) is 0 Å². The predicted octanol–water partition coefficient (Wildman–Crippen LogP) is 1.02. The molecule has 1 heterocycles.